The molecule has 1 aliphatic heterocycles. The highest BCUT2D eigenvalue weighted by molar-refractivity contribution is 5.89. The number of amides is 2. The molecule has 0 radical (unpaired) electrons. The fourth-order valence-electron chi connectivity index (χ4n) is 4.21. The number of anilines is 2. The van der Waals surface area contributed by atoms with E-state index in [-0.39, 0.29) is 12.1 Å². The van der Waals surface area contributed by atoms with Gasteiger partial charge in [0.2, 0.25) is 0 Å². The number of nitrogens with one attached hydrogen (secondary N) is 1. The van der Waals surface area contributed by atoms with Crippen LogP contribution in [0, 0.1) is 0 Å². The van der Waals surface area contributed by atoms with Crippen LogP contribution in [0.25, 0.3) is 0 Å². The number of urea groups is 1. The summed E-state index contributed by atoms with van der Waals surface area (Å²) >= 11 is 0. The van der Waals surface area contributed by atoms with Crippen molar-refractivity contribution in [3.05, 3.63) is 18.3 Å². The van der Waals surface area contributed by atoms with E-state index in [0.717, 1.165) is 43.7 Å². The highest BCUT2D eigenvalue weighted by atomic mass is 16.5. The van der Waals surface area contributed by atoms with Gasteiger partial charge in [-0.3, -0.25) is 4.90 Å². The second-order valence-corrected chi connectivity index (χ2v) is 8.08. The quantitative estimate of drug-likeness (QED) is 0.777. The largest absolute Gasteiger partial charge is 0.383 e. The van der Waals surface area contributed by atoms with Crippen molar-refractivity contribution in [2.45, 2.75) is 51.6 Å². The Labute approximate surface area is 169 Å². The minimum absolute atomic E-state index is 0.110. The van der Waals surface area contributed by atoms with Crippen molar-refractivity contribution in [2.24, 2.45) is 0 Å². The molecule has 28 heavy (non-hydrogen) atoms. The molecule has 0 atom stereocenters. The summed E-state index contributed by atoms with van der Waals surface area (Å²) in [7, 11) is 1.65. The van der Waals surface area contributed by atoms with E-state index in [4.69, 9.17) is 4.74 Å². The molecule has 7 nitrogen and oxygen atoms in total. The summed E-state index contributed by atoms with van der Waals surface area (Å²) in [5, 5.41) is 2.95. The fraction of sp³-hybridized carbons (Fsp3) is 0.714. The van der Waals surface area contributed by atoms with Gasteiger partial charge in [0.1, 0.15) is 5.82 Å². The number of methoxy groups -OCH3 is 1. The Balaban J connectivity index is 1.51. The molecule has 0 unspecified atom stereocenters. The first kappa shape index (κ1) is 20.9. The Hall–Kier alpha value is -1.86. The average Bonchev–Trinajstić information content (AvgIpc) is 3.24. The van der Waals surface area contributed by atoms with Crippen LogP contribution in [0.3, 0.4) is 0 Å². The first-order valence-corrected chi connectivity index (χ1v) is 10.6. The van der Waals surface area contributed by atoms with Gasteiger partial charge in [-0.2, -0.15) is 0 Å². The van der Waals surface area contributed by atoms with Crippen LogP contribution in [0.2, 0.25) is 0 Å². The third kappa shape index (κ3) is 5.35. The van der Waals surface area contributed by atoms with Crippen molar-refractivity contribution >= 4 is 17.5 Å². The molecule has 1 aromatic rings. The van der Waals surface area contributed by atoms with Crippen molar-refractivity contribution in [3.63, 3.8) is 0 Å². The molecule has 1 aliphatic carbocycles. The topological polar surface area (TPSA) is 60.9 Å². The maximum absolute atomic E-state index is 12.5. The zero-order valence-corrected chi connectivity index (χ0v) is 17.6. The van der Waals surface area contributed by atoms with Crippen LogP contribution in [0.15, 0.2) is 18.3 Å². The monoisotopic (exact) mass is 389 g/mol. The summed E-state index contributed by atoms with van der Waals surface area (Å²) in [4.78, 5) is 23.9. The molecule has 2 heterocycles. The highest BCUT2D eigenvalue weighted by Gasteiger charge is 2.26. The molecule has 1 aromatic heterocycles. The van der Waals surface area contributed by atoms with E-state index in [2.05, 4.69) is 20.1 Å². The molecule has 1 saturated heterocycles. The lowest BCUT2D eigenvalue weighted by molar-refractivity contribution is 0.143. The van der Waals surface area contributed by atoms with E-state index >= 15 is 0 Å². The number of pyridine rings is 1. The average molecular weight is 390 g/mol. The molecule has 7 heteroatoms. The number of piperazine rings is 1. The van der Waals surface area contributed by atoms with Gasteiger partial charge in [0.15, 0.2) is 0 Å². The van der Waals surface area contributed by atoms with Gasteiger partial charge in [0.25, 0.3) is 0 Å². The number of carbonyl (C=O) groups is 1. The maximum atomic E-state index is 12.5. The van der Waals surface area contributed by atoms with Crippen LogP contribution in [0.4, 0.5) is 16.3 Å². The van der Waals surface area contributed by atoms with Crippen LogP contribution in [0.5, 0.6) is 0 Å². The zero-order chi connectivity index (χ0) is 19.9. The van der Waals surface area contributed by atoms with Gasteiger partial charge in [0, 0.05) is 51.9 Å². The smallest absolute Gasteiger partial charge is 0.322 e. The van der Waals surface area contributed by atoms with Crippen molar-refractivity contribution in [2.75, 3.05) is 56.7 Å². The summed E-state index contributed by atoms with van der Waals surface area (Å²) in [6.45, 7) is 9.37. The Kier molecular flexibility index (Phi) is 7.50. The second-order valence-electron chi connectivity index (χ2n) is 8.08. The van der Waals surface area contributed by atoms with Crippen molar-refractivity contribution in [3.8, 4) is 0 Å². The van der Waals surface area contributed by atoms with Crippen LogP contribution < -0.4 is 10.2 Å². The fourth-order valence-corrected chi connectivity index (χ4v) is 4.21. The molecular weight excluding hydrogens is 354 g/mol. The lowest BCUT2D eigenvalue weighted by Gasteiger charge is -2.38. The SMILES string of the molecule is COCCN(C(=O)Nc1ccc(N2CCN(C3CCCC3)CC2)nc1)C(C)C. The maximum Gasteiger partial charge on any atom is 0.322 e. The number of aromatic nitrogens is 1. The predicted octanol–water partition coefficient (Wildman–Crippen LogP) is 3.03. The highest BCUT2D eigenvalue weighted by Crippen LogP contribution is 2.25. The number of rotatable bonds is 7. The van der Waals surface area contributed by atoms with Gasteiger partial charge in [-0.1, -0.05) is 12.8 Å². The molecule has 2 fully saturated rings. The van der Waals surface area contributed by atoms with Gasteiger partial charge in [-0.05, 0) is 38.8 Å². The lowest BCUT2D eigenvalue weighted by atomic mass is 10.2. The van der Waals surface area contributed by atoms with E-state index in [1.807, 2.05) is 26.0 Å². The number of ether oxygens (including phenoxy) is 1. The minimum atomic E-state index is -0.119. The molecule has 2 aliphatic rings. The molecule has 2 amide bonds. The Morgan fingerprint density at radius 2 is 1.96 bits per heavy atom. The summed E-state index contributed by atoms with van der Waals surface area (Å²) in [6, 6.07) is 4.74. The molecule has 1 saturated carbocycles. The van der Waals surface area contributed by atoms with Crippen molar-refractivity contribution in [1.29, 1.82) is 0 Å². The Bertz CT molecular complexity index is 608. The first-order valence-electron chi connectivity index (χ1n) is 10.6. The van der Waals surface area contributed by atoms with E-state index in [9.17, 15) is 4.79 Å². The molecule has 1 N–H and O–H groups in total. The molecule has 3 rings (SSSR count). The van der Waals surface area contributed by atoms with E-state index in [0.29, 0.717) is 13.2 Å². The standard InChI is InChI=1S/C21H35N5O2/c1-17(2)26(14-15-28-3)21(27)23-18-8-9-20(22-16-18)25-12-10-24(11-13-25)19-6-4-5-7-19/h8-9,16-17,19H,4-7,10-15H2,1-3H3,(H,23,27). The normalized spacial score (nSPS) is 18.6. The summed E-state index contributed by atoms with van der Waals surface area (Å²) in [5.74, 6) is 0.990. The van der Waals surface area contributed by atoms with Crippen LogP contribution in [0.1, 0.15) is 39.5 Å². The number of hydrogen-bond donors (Lipinski definition) is 1. The van der Waals surface area contributed by atoms with Gasteiger partial charge >= 0.3 is 6.03 Å². The Morgan fingerprint density at radius 1 is 1.25 bits per heavy atom. The minimum Gasteiger partial charge on any atom is -0.383 e. The van der Waals surface area contributed by atoms with E-state index in [1.165, 1.54) is 25.7 Å². The molecule has 0 aromatic carbocycles. The second kappa shape index (κ2) is 10.1. The molecule has 156 valence electrons. The van der Waals surface area contributed by atoms with Crippen LogP contribution in [-0.2, 0) is 4.74 Å². The van der Waals surface area contributed by atoms with Gasteiger partial charge in [0.05, 0.1) is 18.5 Å². The summed E-state index contributed by atoms with van der Waals surface area (Å²) in [5.41, 5.74) is 0.724. The Morgan fingerprint density at radius 3 is 2.54 bits per heavy atom. The van der Waals surface area contributed by atoms with Gasteiger partial charge in [-0.25, -0.2) is 9.78 Å². The summed E-state index contributed by atoms with van der Waals surface area (Å²) < 4.78 is 5.10. The molecule has 0 spiro atoms. The number of carbonyl (C=O) groups excluding carboxylic acids is 1. The first-order chi connectivity index (χ1) is 13.6. The molecule has 0 bridgehead atoms. The van der Waals surface area contributed by atoms with Crippen molar-refractivity contribution < 1.29 is 9.53 Å². The third-order valence-electron chi connectivity index (χ3n) is 5.90. The van der Waals surface area contributed by atoms with E-state index < -0.39 is 0 Å². The van der Waals surface area contributed by atoms with Crippen LogP contribution >= 0.6 is 0 Å². The predicted molar refractivity (Wildman–Crippen MR) is 113 cm³/mol. The molecular formula is C21H35N5O2. The van der Waals surface area contributed by atoms with Crippen molar-refractivity contribution in [1.82, 2.24) is 14.8 Å². The van der Waals surface area contributed by atoms with Gasteiger partial charge < -0.3 is 19.9 Å². The van der Waals surface area contributed by atoms with Gasteiger partial charge in [-0.15, -0.1) is 0 Å². The summed E-state index contributed by atoms with van der Waals surface area (Å²) in [6.07, 6.45) is 7.26. The zero-order valence-electron chi connectivity index (χ0n) is 17.6. The lowest BCUT2D eigenvalue weighted by Crippen LogP contribution is -2.50. The van der Waals surface area contributed by atoms with E-state index in [1.54, 1.807) is 18.2 Å². The third-order valence-corrected chi connectivity index (χ3v) is 5.90. The number of nitrogens with zero attached hydrogens (tertiary/aromatic N) is 4. The van der Waals surface area contributed by atoms with Crippen LogP contribution in [-0.4, -0.2) is 79.3 Å². The number of hydrogen-bond acceptors (Lipinski definition) is 5.